The predicted molar refractivity (Wildman–Crippen MR) is 73.3 cm³/mol. The molecule has 2 nitrogen and oxygen atoms in total. The Hall–Kier alpha value is -0.610. The van der Waals surface area contributed by atoms with Gasteiger partial charge in [-0.1, -0.05) is 22.9 Å². The lowest BCUT2D eigenvalue weighted by Crippen LogP contribution is -2.35. The molecule has 0 radical (unpaired) electrons. The molecule has 4 heteroatoms. The zero-order valence-electron chi connectivity index (χ0n) is 8.88. The fraction of sp³-hybridized carbons (Fsp3) is 0.364. The van der Waals surface area contributed by atoms with Crippen LogP contribution in [0.15, 0.2) is 28.7 Å². The minimum atomic E-state index is 0.403. The average Bonchev–Trinajstić information content (AvgIpc) is 2.21. The first-order chi connectivity index (χ1) is 7.11. The summed E-state index contributed by atoms with van der Waals surface area (Å²) in [6.45, 7) is 4.23. The van der Waals surface area contributed by atoms with E-state index in [1.54, 1.807) is 0 Å². The number of hydrogen-bond donors (Lipinski definition) is 2. The second-order valence-corrected chi connectivity index (χ2v) is 4.74. The predicted octanol–water partition coefficient (Wildman–Crippen LogP) is 3.53. The van der Waals surface area contributed by atoms with Crippen LogP contribution in [0, 0.1) is 0 Å². The molecule has 0 aromatic heterocycles. The molecule has 0 bridgehead atoms. The first-order valence-electron chi connectivity index (χ1n) is 4.95. The van der Waals surface area contributed by atoms with E-state index in [1.807, 2.05) is 24.3 Å². The highest BCUT2D eigenvalue weighted by molar-refractivity contribution is 9.10. The van der Waals surface area contributed by atoms with Gasteiger partial charge in [0.1, 0.15) is 0 Å². The Morgan fingerprint density at radius 1 is 1.40 bits per heavy atom. The van der Waals surface area contributed by atoms with Crippen molar-refractivity contribution < 1.29 is 0 Å². The molecular formula is C11H15BrN2S. The molecule has 0 aliphatic heterocycles. The van der Waals surface area contributed by atoms with Crippen molar-refractivity contribution in [2.24, 2.45) is 0 Å². The number of anilines is 1. The molecule has 1 aromatic rings. The second-order valence-electron chi connectivity index (χ2n) is 3.41. The van der Waals surface area contributed by atoms with Crippen molar-refractivity contribution in [3.05, 3.63) is 28.7 Å². The Labute approximate surface area is 105 Å². The molecule has 0 heterocycles. The van der Waals surface area contributed by atoms with Crippen LogP contribution >= 0.6 is 28.1 Å². The normalized spacial score (nSPS) is 11.9. The van der Waals surface area contributed by atoms with Crippen LogP contribution in [-0.4, -0.2) is 11.2 Å². The van der Waals surface area contributed by atoms with Gasteiger partial charge in [0.25, 0.3) is 0 Å². The van der Waals surface area contributed by atoms with E-state index in [4.69, 9.17) is 12.2 Å². The van der Waals surface area contributed by atoms with E-state index in [1.165, 1.54) is 0 Å². The maximum Gasteiger partial charge on any atom is 0.170 e. The lowest BCUT2D eigenvalue weighted by molar-refractivity contribution is 0.646. The summed E-state index contributed by atoms with van der Waals surface area (Å²) in [6, 6.07) is 8.33. The molecule has 0 saturated carbocycles. The summed E-state index contributed by atoms with van der Waals surface area (Å²) in [7, 11) is 0. The summed E-state index contributed by atoms with van der Waals surface area (Å²) in [5.74, 6) is 0. The molecule has 1 aromatic carbocycles. The number of hydrogen-bond acceptors (Lipinski definition) is 1. The Morgan fingerprint density at radius 3 is 2.53 bits per heavy atom. The average molecular weight is 287 g/mol. The molecule has 0 aliphatic carbocycles. The largest absolute Gasteiger partial charge is 0.360 e. The van der Waals surface area contributed by atoms with Gasteiger partial charge in [-0.3, -0.25) is 0 Å². The quantitative estimate of drug-likeness (QED) is 0.832. The SMILES string of the molecule is CC[C@@H](C)NC(=S)Nc1ccc(Br)cc1. The van der Waals surface area contributed by atoms with E-state index in [9.17, 15) is 0 Å². The van der Waals surface area contributed by atoms with E-state index < -0.39 is 0 Å². The fourth-order valence-electron chi connectivity index (χ4n) is 1.03. The smallest absolute Gasteiger partial charge is 0.170 e. The Balaban J connectivity index is 2.48. The van der Waals surface area contributed by atoms with Crippen LogP contribution in [0.5, 0.6) is 0 Å². The monoisotopic (exact) mass is 286 g/mol. The summed E-state index contributed by atoms with van der Waals surface area (Å²) in [4.78, 5) is 0. The molecule has 0 saturated heterocycles. The standard InChI is InChI=1S/C11H15BrN2S/c1-3-8(2)13-11(15)14-10-6-4-9(12)5-7-10/h4-8H,3H2,1-2H3,(H2,13,14,15)/t8-/m1/s1. The van der Waals surface area contributed by atoms with Gasteiger partial charge in [0.2, 0.25) is 0 Å². The summed E-state index contributed by atoms with van der Waals surface area (Å²) in [5.41, 5.74) is 0.999. The molecule has 0 amide bonds. The van der Waals surface area contributed by atoms with Crippen LogP contribution in [-0.2, 0) is 0 Å². The van der Waals surface area contributed by atoms with Gasteiger partial charge in [-0.15, -0.1) is 0 Å². The van der Waals surface area contributed by atoms with Gasteiger partial charge in [0.15, 0.2) is 5.11 Å². The highest BCUT2D eigenvalue weighted by Crippen LogP contribution is 2.13. The van der Waals surface area contributed by atoms with Crippen LogP contribution < -0.4 is 10.6 Å². The first-order valence-corrected chi connectivity index (χ1v) is 6.15. The summed E-state index contributed by atoms with van der Waals surface area (Å²) in [5, 5.41) is 7.01. The van der Waals surface area contributed by atoms with Crippen LogP contribution in [0.1, 0.15) is 20.3 Å². The fourth-order valence-corrected chi connectivity index (χ4v) is 1.61. The van der Waals surface area contributed by atoms with Crippen LogP contribution in [0.4, 0.5) is 5.69 Å². The van der Waals surface area contributed by atoms with Crippen molar-refractivity contribution in [1.29, 1.82) is 0 Å². The van der Waals surface area contributed by atoms with Gasteiger partial charge in [-0.25, -0.2) is 0 Å². The van der Waals surface area contributed by atoms with Gasteiger partial charge in [0.05, 0.1) is 0 Å². The number of thiocarbonyl (C=S) groups is 1. The molecule has 0 fully saturated rings. The molecule has 82 valence electrons. The van der Waals surface area contributed by atoms with Crippen LogP contribution in [0.2, 0.25) is 0 Å². The number of rotatable bonds is 3. The van der Waals surface area contributed by atoms with E-state index in [0.717, 1.165) is 16.6 Å². The minimum Gasteiger partial charge on any atom is -0.360 e. The zero-order valence-corrected chi connectivity index (χ0v) is 11.3. The maximum absolute atomic E-state index is 5.18. The van der Waals surface area contributed by atoms with Crippen molar-refractivity contribution in [3.8, 4) is 0 Å². The van der Waals surface area contributed by atoms with Gasteiger partial charge < -0.3 is 10.6 Å². The Kier molecular flexibility index (Phi) is 5.05. The number of halogens is 1. The first kappa shape index (κ1) is 12.5. The lowest BCUT2D eigenvalue weighted by atomic mass is 10.3. The van der Waals surface area contributed by atoms with E-state index in [0.29, 0.717) is 11.2 Å². The molecule has 0 spiro atoms. The number of benzene rings is 1. The third-order valence-electron chi connectivity index (χ3n) is 2.09. The van der Waals surface area contributed by atoms with E-state index in [-0.39, 0.29) is 0 Å². The van der Waals surface area contributed by atoms with Gasteiger partial charge in [0, 0.05) is 16.2 Å². The van der Waals surface area contributed by atoms with Crippen molar-refractivity contribution in [2.45, 2.75) is 26.3 Å². The molecule has 15 heavy (non-hydrogen) atoms. The lowest BCUT2D eigenvalue weighted by Gasteiger charge is -2.15. The van der Waals surface area contributed by atoms with E-state index in [2.05, 4.69) is 40.4 Å². The van der Waals surface area contributed by atoms with Crippen molar-refractivity contribution in [3.63, 3.8) is 0 Å². The molecule has 1 rings (SSSR count). The highest BCUT2D eigenvalue weighted by Gasteiger charge is 2.01. The topological polar surface area (TPSA) is 24.1 Å². The van der Waals surface area contributed by atoms with Crippen molar-refractivity contribution >= 4 is 38.9 Å². The van der Waals surface area contributed by atoms with Gasteiger partial charge >= 0.3 is 0 Å². The zero-order chi connectivity index (χ0) is 11.3. The molecule has 0 aliphatic rings. The molecule has 2 N–H and O–H groups in total. The molecular weight excluding hydrogens is 272 g/mol. The molecule has 1 atom stereocenters. The Morgan fingerprint density at radius 2 is 2.00 bits per heavy atom. The second kappa shape index (κ2) is 6.08. The maximum atomic E-state index is 5.18. The van der Waals surface area contributed by atoms with Gasteiger partial charge in [-0.05, 0) is 49.8 Å². The van der Waals surface area contributed by atoms with Crippen molar-refractivity contribution in [1.82, 2.24) is 5.32 Å². The summed E-state index contributed by atoms with van der Waals surface area (Å²) >= 11 is 8.56. The summed E-state index contributed by atoms with van der Waals surface area (Å²) in [6.07, 6.45) is 1.06. The third-order valence-corrected chi connectivity index (χ3v) is 2.84. The molecule has 0 unspecified atom stereocenters. The number of nitrogens with one attached hydrogen (secondary N) is 2. The van der Waals surface area contributed by atoms with Crippen molar-refractivity contribution in [2.75, 3.05) is 5.32 Å². The van der Waals surface area contributed by atoms with Gasteiger partial charge in [-0.2, -0.15) is 0 Å². The highest BCUT2D eigenvalue weighted by atomic mass is 79.9. The third kappa shape index (κ3) is 4.62. The van der Waals surface area contributed by atoms with Crippen LogP contribution in [0.3, 0.4) is 0 Å². The van der Waals surface area contributed by atoms with Crippen LogP contribution in [0.25, 0.3) is 0 Å². The summed E-state index contributed by atoms with van der Waals surface area (Å²) < 4.78 is 1.06. The van der Waals surface area contributed by atoms with E-state index >= 15 is 0 Å². The minimum absolute atomic E-state index is 0.403. The Bertz CT molecular complexity index is 324.